The average Bonchev–Trinajstić information content (AvgIpc) is 2.53. The van der Waals surface area contributed by atoms with E-state index >= 15 is 0 Å². The first-order chi connectivity index (χ1) is 11.5. The molecule has 0 atom stereocenters. The highest BCUT2D eigenvalue weighted by molar-refractivity contribution is 9.10. The summed E-state index contributed by atoms with van der Waals surface area (Å²) in [6, 6.07) is 11.9. The van der Waals surface area contributed by atoms with Crippen LogP contribution in [-0.4, -0.2) is 23.7 Å². The molecule has 124 valence electrons. The summed E-state index contributed by atoms with van der Waals surface area (Å²) in [6.07, 6.45) is 1.48. The zero-order valence-corrected chi connectivity index (χ0v) is 14.3. The van der Waals surface area contributed by atoms with Gasteiger partial charge in [0.25, 0.3) is 5.91 Å². The minimum absolute atomic E-state index is 0.0386. The van der Waals surface area contributed by atoms with Crippen LogP contribution in [0.3, 0.4) is 0 Å². The highest BCUT2D eigenvalue weighted by Gasteiger charge is 2.16. The number of carbonyl (C=O) groups excluding carboxylic acids is 1. The Morgan fingerprint density at radius 3 is 2.88 bits per heavy atom. The van der Waals surface area contributed by atoms with E-state index in [1.54, 1.807) is 13.0 Å². The number of aryl methyl sites for hydroxylation is 1. The number of rotatable bonds is 6. The van der Waals surface area contributed by atoms with E-state index in [9.17, 15) is 14.9 Å². The number of nitrogens with one attached hydrogen (secondary N) is 1. The number of nitrogens with zero attached hydrogens (tertiary/aromatic N) is 2. The molecule has 0 aromatic heterocycles. The molecule has 0 fully saturated rings. The van der Waals surface area contributed by atoms with Crippen molar-refractivity contribution in [3.63, 3.8) is 0 Å². The molecule has 0 saturated carbocycles. The van der Waals surface area contributed by atoms with E-state index in [0.29, 0.717) is 0 Å². The second-order valence-electron chi connectivity index (χ2n) is 4.87. The molecule has 2 rings (SSSR count). The fourth-order valence-corrected chi connectivity index (χ4v) is 2.25. The summed E-state index contributed by atoms with van der Waals surface area (Å²) < 4.78 is 6.10. The standard InChI is InChI=1S/C16H14BrN3O4/c1-11-5-6-15(14(7-11)20(22)23)24-10-16(21)19-18-9-12-3-2-4-13(17)8-12/h2-9H,10H2,1H3,(H,19,21)/b18-9+. The van der Waals surface area contributed by atoms with Crippen LogP contribution in [0.1, 0.15) is 11.1 Å². The first-order valence-corrected chi connectivity index (χ1v) is 7.70. The van der Waals surface area contributed by atoms with Crippen molar-refractivity contribution in [3.05, 3.63) is 68.2 Å². The molecule has 0 saturated heterocycles. The van der Waals surface area contributed by atoms with Gasteiger partial charge in [-0.3, -0.25) is 14.9 Å². The van der Waals surface area contributed by atoms with Gasteiger partial charge in [-0.25, -0.2) is 5.43 Å². The smallest absolute Gasteiger partial charge is 0.311 e. The molecule has 24 heavy (non-hydrogen) atoms. The van der Waals surface area contributed by atoms with Gasteiger partial charge in [0.05, 0.1) is 11.1 Å². The van der Waals surface area contributed by atoms with Crippen molar-refractivity contribution in [1.82, 2.24) is 5.43 Å². The fraction of sp³-hybridized carbons (Fsp3) is 0.125. The number of halogens is 1. The number of nitro groups is 1. The van der Waals surface area contributed by atoms with Gasteiger partial charge in [-0.15, -0.1) is 0 Å². The normalized spacial score (nSPS) is 10.6. The van der Waals surface area contributed by atoms with Gasteiger partial charge in [-0.2, -0.15) is 5.10 Å². The molecule has 0 unspecified atom stereocenters. The fourth-order valence-electron chi connectivity index (χ4n) is 1.83. The number of carbonyl (C=O) groups is 1. The van der Waals surface area contributed by atoms with Crippen LogP contribution < -0.4 is 10.2 Å². The van der Waals surface area contributed by atoms with E-state index in [1.807, 2.05) is 24.3 Å². The van der Waals surface area contributed by atoms with Gasteiger partial charge in [-0.1, -0.05) is 34.1 Å². The summed E-state index contributed by atoms with van der Waals surface area (Å²) >= 11 is 3.33. The number of hydrogen-bond donors (Lipinski definition) is 1. The molecule has 7 nitrogen and oxygen atoms in total. The van der Waals surface area contributed by atoms with Crippen molar-refractivity contribution in [2.24, 2.45) is 5.10 Å². The molecule has 1 amide bonds. The van der Waals surface area contributed by atoms with E-state index < -0.39 is 10.8 Å². The molecule has 0 aliphatic rings. The van der Waals surface area contributed by atoms with Crippen LogP contribution in [0, 0.1) is 17.0 Å². The number of ether oxygens (including phenoxy) is 1. The maximum atomic E-state index is 11.7. The monoisotopic (exact) mass is 391 g/mol. The van der Waals surface area contributed by atoms with Crippen LogP contribution in [0.25, 0.3) is 0 Å². The molecule has 0 aliphatic carbocycles. The Balaban J connectivity index is 1.91. The quantitative estimate of drug-likeness (QED) is 0.464. The minimum atomic E-state index is -0.550. The molecule has 8 heteroatoms. The van der Waals surface area contributed by atoms with E-state index in [4.69, 9.17) is 4.74 Å². The van der Waals surface area contributed by atoms with Crippen molar-refractivity contribution in [1.29, 1.82) is 0 Å². The number of nitro benzene ring substituents is 1. The first kappa shape index (κ1) is 17.6. The van der Waals surface area contributed by atoms with Crippen molar-refractivity contribution in [3.8, 4) is 5.75 Å². The third-order valence-corrected chi connectivity index (χ3v) is 3.41. The largest absolute Gasteiger partial charge is 0.477 e. The lowest BCUT2D eigenvalue weighted by Crippen LogP contribution is -2.24. The minimum Gasteiger partial charge on any atom is -0.477 e. The molecule has 1 N–H and O–H groups in total. The Bertz CT molecular complexity index is 793. The topological polar surface area (TPSA) is 93.8 Å². The van der Waals surface area contributed by atoms with Crippen LogP contribution >= 0.6 is 15.9 Å². The zero-order chi connectivity index (χ0) is 17.5. The van der Waals surface area contributed by atoms with Crippen molar-refractivity contribution < 1.29 is 14.5 Å². The SMILES string of the molecule is Cc1ccc(OCC(=O)N/N=C/c2cccc(Br)c2)c([N+](=O)[O-])c1. The second kappa shape index (κ2) is 8.21. The number of benzene rings is 2. The number of hydrogen-bond acceptors (Lipinski definition) is 5. The maximum absolute atomic E-state index is 11.7. The third-order valence-electron chi connectivity index (χ3n) is 2.92. The van der Waals surface area contributed by atoms with Crippen LogP contribution in [0.4, 0.5) is 5.69 Å². The summed E-state index contributed by atoms with van der Waals surface area (Å²) in [5.74, 6) is -0.479. The Hall–Kier alpha value is -2.74. The molecule has 0 aliphatic heterocycles. The van der Waals surface area contributed by atoms with Crippen LogP contribution in [-0.2, 0) is 4.79 Å². The molecule has 2 aromatic rings. The van der Waals surface area contributed by atoms with Crippen LogP contribution in [0.2, 0.25) is 0 Å². The molecule has 0 spiro atoms. The summed E-state index contributed by atoms with van der Waals surface area (Å²) in [4.78, 5) is 22.1. The lowest BCUT2D eigenvalue weighted by molar-refractivity contribution is -0.385. The maximum Gasteiger partial charge on any atom is 0.311 e. The molecule has 0 radical (unpaired) electrons. The summed E-state index contributed by atoms with van der Waals surface area (Å²) in [6.45, 7) is 1.36. The summed E-state index contributed by atoms with van der Waals surface area (Å²) in [5.41, 5.74) is 3.66. The van der Waals surface area contributed by atoms with Gasteiger partial charge < -0.3 is 4.74 Å². The predicted molar refractivity (Wildman–Crippen MR) is 93.2 cm³/mol. The van der Waals surface area contributed by atoms with Crippen molar-refractivity contribution in [2.75, 3.05) is 6.61 Å². The van der Waals surface area contributed by atoms with Gasteiger partial charge in [0.1, 0.15) is 0 Å². The van der Waals surface area contributed by atoms with Crippen LogP contribution in [0.15, 0.2) is 52.0 Å². The Morgan fingerprint density at radius 2 is 2.17 bits per heavy atom. The molecule has 0 heterocycles. The molecule has 0 bridgehead atoms. The Morgan fingerprint density at radius 1 is 1.38 bits per heavy atom. The summed E-state index contributed by atoms with van der Waals surface area (Å²) in [5, 5.41) is 14.8. The van der Waals surface area contributed by atoms with Crippen molar-refractivity contribution >= 4 is 33.7 Å². The molecular weight excluding hydrogens is 378 g/mol. The molecular formula is C16H14BrN3O4. The lowest BCUT2D eigenvalue weighted by atomic mass is 10.2. The van der Waals surface area contributed by atoms with Gasteiger partial charge in [0.2, 0.25) is 0 Å². The van der Waals surface area contributed by atoms with Gasteiger partial charge >= 0.3 is 5.69 Å². The van der Waals surface area contributed by atoms with E-state index in [2.05, 4.69) is 26.5 Å². The third kappa shape index (κ3) is 5.17. The predicted octanol–water partition coefficient (Wildman–Crippen LogP) is 3.19. The molecule has 2 aromatic carbocycles. The lowest BCUT2D eigenvalue weighted by Gasteiger charge is -2.06. The van der Waals surface area contributed by atoms with Gasteiger partial charge in [-0.05, 0) is 36.2 Å². The number of hydrazone groups is 1. The van der Waals surface area contributed by atoms with Gasteiger partial charge in [0, 0.05) is 10.5 Å². The van der Waals surface area contributed by atoms with E-state index in [0.717, 1.165) is 15.6 Å². The Kier molecular flexibility index (Phi) is 6.02. The highest BCUT2D eigenvalue weighted by atomic mass is 79.9. The number of amides is 1. The zero-order valence-electron chi connectivity index (χ0n) is 12.7. The van der Waals surface area contributed by atoms with Crippen LogP contribution in [0.5, 0.6) is 5.75 Å². The van der Waals surface area contributed by atoms with E-state index in [1.165, 1.54) is 18.3 Å². The van der Waals surface area contributed by atoms with E-state index in [-0.39, 0.29) is 18.0 Å². The average molecular weight is 392 g/mol. The highest BCUT2D eigenvalue weighted by Crippen LogP contribution is 2.27. The second-order valence-corrected chi connectivity index (χ2v) is 5.78. The van der Waals surface area contributed by atoms with Gasteiger partial charge in [0.15, 0.2) is 12.4 Å². The Labute approximate surface area is 146 Å². The van der Waals surface area contributed by atoms with Crippen molar-refractivity contribution in [2.45, 2.75) is 6.92 Å². The summed E-state index contributed by atoms with van der Waals surface area (Å²) in [7, 11) is 0. The first-order valence-electron chi connectivity index (χ1n) is 6.91.